The molecular formula is C69H95BBr3Cl3N12O8S4. The maximum Gasteiger partial charge on any atom is 0.489 e. The second-order valence-corrected chi connectivity index (χ2v) is 38.5. The molecule has 0 spiro atoms. The molecule has 4 saturated heterocycles. The summed E-state index contributed by atoms with van der Waals surface area (Å²) in [5, 5.41) is 34.2. The molecule has 4 aliphatic heterocycles. The Morgan fingerprint density at radius 1 is 0.540 bits per heavy atom. The number of nitrogens with one attached hydrogen (secondary N) is 4. The molecule has 4 aliphatic rings. The molecule has 100 heavy (non-hydrogen) atoms. The van der Waals surface area contributed by atoms with Gasteiger partial charge in [0.05, 0.1) is 29.7 Å². The van der Waals surface area contributed by atoms with Gasteiger partial charge in [-0.15, -0.1) is 11.3 Å². The monoisotopic (exact) mass is 1700 g/mol. The van der Waals surface area contributed by atoms with Crippen LogP contribution in [0.5, 0.6) is 0 Å². The van der Waals surface area contributed by atoms with Crippen LogP contribution in [-0.4, -0.2) is 151 Å². The number of hydrogen-bond acceptors (Lipinski definition) is 21. The minimum absolute atomic E-state index is 0.00682. The van der Waals surface area contributed by atoms with Crippen LogP contribution in [0.2, 0.25) is 15.1 Å². The topological polar surface area (TPSA) is 255 Å². The maximum absolute atomic E-state index is 11.9. The van der Waals surface area contributed by atoms with Crippen LogP contribution in [0.25, 0.3) is 20.9 Å². The normalized spacial score (nSPS) is 20.2. The average Bonchev–Trinajstić information content (AvgIpc) is 1.67. The van der Waals surface area contributed by atoms with E-state index >= 15 is 0 Å². The van der Waals surface area contributed by atoms with Crippen molar-refractivity contribution in [2.24, 2.45) is 27.4 Å². The van der Waals surface area contributed by atoms with Gasteiger partial charge in [-0.1, -0.05) is 151 Å². The number of nitrogens with zero attached hydrogens (tertiary/aromatic N) is 7. The van der Waals surface area contributed by atoms with E-state index in [1.807, 2.05) is 129 Å². The second kappa shape index (κ2) is 38.0. The minimum atomic E-state index is -1.48. The van der Waals surface area contributed by atoms with Crippen molar-refractivity contribution in [3.8, 4) is 20.9 Å². The zero-order valence-electron chi connectivity index (χ0n) is 59.1. The van der Waals surface area contributed by atoms with Gasteiger partial charge in [0.2, 0.25) is 0 Å². The Labute approximate surface area is 646 Å². The van der Waals surface area contributed by atoms with Crippen LogP contribution in [0.1, 0.15) is 116 Å². The van der Waals surface area contributed by atoms with Gasteiger partial charge < -0.3 is 66.0 Å². The van der Waals surface area contributed by atoms with Crippen molar-refractivity contribution in [2.45, 2.75) is 132 Å². The summed E-state index contributed by atoms with van der Waals surface area (Å²) in [6, 6.07) is 22.3. The molecule has 8 heterocycles. The van der Waals surface area contributed by atoms with Crippen molar-refractivity contribution in [1.82, 2.24) is 41.2 Å². The number of alkyl carbamates (subject to hydrolysis) is 3. The lowest BCUT2D eigenvalue weighted by molar-refractivity contribution is 0.0496. The molecule has 0 radical (unpaired) electrons. The smallest absolute Gasteiger partial charge is 0.444 e. The summed E-state index contributed by atoms with van der Waals surface area (Å²) in [7, 11) is -1.48. The van der Waals surface area contributed by atoms with E-state index in [0.29, 0.717) is 30.1 Å². The van der Waals surface area contributed by atoms with Crippen molar-refractivity contribution in [3.63, 3.8) is 0 Å². The van der Waals surface area contributed by atoms with Crippen LogP contribution in [0.3, 0.4) is 0 Å². The van der Waals surface area contributed by atoms with Gasteiger partial charge >= 0.3 is 25.4 Å². The van der Waals surface area contributed by atoms with E-state index in [1.165, 1.54) is 0 Å². The van der Waals surface area contributed by atoms with Gasteiger partial charge in [-0.2, -0.15) is 0 Å². The predicted molar refractivity (Wildman–Crippen MR) is 426 cm³/mol. The quantitative estimate of drug-likeness (QED) is 0.0418. The fraction of sp³-hybridized carbons (Fsp3) is 0.522. The molecule has 3 amide bonds. The van der Waals surface area contributed by atoms with E-state index in [2.05, 4.69) is 131 Å². The van der Waals surface area contributed by atoms with Crippen molar-refractivity contribution in [1.29, 1.82) is 0 Å². The van der Waals surface area contributed by atoms with Gasteiger partial charge in [0.1, 0.15) is 16.8 Å². The fourth-order valence-corrected chi connectivity index (χ4v) is 16.7. The van der Waals surface area contributed by atoms with Crippen molar-refractivity contribution in [2.75, 3.05) is 93.2 Å². The number of hydrogen-bond donors (Lipinski definition) is 7. The SMILES string of the molecule is Brc1cnc(Br)s1.CC1(CN)CCN(c2ncc(-c3ccccc3Cl)s2)C1.CC1(CNC(=O)OC(C)(C)C)CCN(c2ncc(-c3ccccc3Cl)s2)C1.CC1(CNC(=O)OC(C)(C)C)CCN(c2ncc(Br)s2)C1.CC1(CNC(=O)OC(C)(C)C)CCNC1.OB(O)c1ccccc1Cl. The molecule has 3 aromatic carbocycles. The van der Waals surface area contributed by atoms with E-state index in [1.54, 1.807) is 75.8 Å². The summed E-state index contributed by atoms with van der Waals surface area (Å²) in [6.07, 6.45) is 10.6. The first kappa shape index (κ1) is 84.5. The summed E-state index contributed by atoms with van der Waals surface area (Å²) in [6.45, 7) is 35.8. The van der Waals surface area contributed by atoms with Crippen LogP contribution in [0, 0.1) is 21.7 Å². The third kappa shape index (κ3) is 28.9. The highest BCUT2D eigenvalue weighted by Crippen LogP contribution is 2.42. The summed E-state index contributed by atoms with van der Waals surface area (Å²) in [4.78, 5) is 61.6. The predicted octanol–water partition coefficient (Wildman–Crippen LogP) is 16.7. The summed E-state index contributed by atoms with van der Waals surface area (Å²) in [5.41, 5.74) is 7.35. The standard InChI is InChI=1S/C20H26ClN3O2S.C15H18ClN3S.C14H22BrN3O2S.C11H22N2O2.C6H6BClO2.C3HBr2NS/c1-19(2,3)26-18(25)23-12-20(4)9-10-24(13-20)17-22-11-16(27-17)14-7-5-6-8-15(14)21;1-15(9-17)6-7-19(10-15)14-18-8-13(20-14)11-4-2-3-5-12(11)16;1-13(2,3)20-12(19)17-8-14(4)5-6-18(9-14)11-16-7-10(15)21-11;1-10(2,3)15-9(14)13-8-11(4)5-6-12-7-11;8-6-4-2-1-3-5(6)7(9)10;4-2-1-6-3(5)7-2/h5-8,11H,9-10,12-13H2,1-4H3,(H,23,25);2-5,8H,6-7,9-10,17H2,1H3;7H,5-6,8-9H2,1-4H3,(H,17,19);12H,5-8H2,1-4H3,(H,13,14);1-4,9-10H;1H. The number of ether oxygens (including phenoxy) is 3. The van der Waals surface area contributed by atoms with Crippen molar-refractivity contribution < 1.29 is 38.6 Å². The minimum Gasteiger partial charge on any atom is -0.444 e. The lowest BCUT2D eigenvalue weighted by Crippen LogP contribution is -2.40. The number of carbonyl (C=O) groups is 3. The number of anilines is 3. The Morgan fingerprint density at radius 3 is 1.23 bits per heavy atom. The van der Waals surface area contributed by atoms with E-state index in [4.69, 9.17) is 64.8 Å². The van der Waals surface area contributed by atoms with Crippen molar-refractivity contribution in [3.05, 3.63) is 124 Å². The molecule has 4 fully saturated rings. The Bertz CT molecular complexity index is 3720. The molecule has 4 unspecified atom stereocenters. The first-order valence-corrected chi connectivity index (χ1v) is 39.5. The highest BCUT2D eigenvalue weighted by molar-refractivity contribution is 9.12. The number of nitrogens with two attached hydrogens (primary N) is 1. The molecule has 4 aromatic heterocycles. The highest BCUT2D eigenvalue weighted by Gasteiger charge is 2.38. The van der Waals surface area contributed by atoms with Gasteiger partial charge in [-0.3, -0.25) is 0 Å². The first-order valence-electron chi connectivity index (χ1n) is 32.7. The molecular weight excluding hydrogens is 1610 g/mol. The van der Waals surface area contributed by atoms with Gasteiger partial charge in [-0.25, -0.2) is 34.3 Å². The van der Waals surface area contributed by atoms with Gasteiger partial charge in [-0.05, 0) is 178 Å². The van der Waals surface area contributed by atoms with E-state index in [-0.39, 0.29) is 39.9 Å². The number of rotatable bonds is 13. The number of aromatic nitrogens is 4. The van der Waals surface area contributed by atoms with Crippen LogP contribution in [-0.2, 0) is 14.2 Å². The molecule has 20 nitrogen and oxygen atoms in total. The Kier molecular flexibility index (Phi) is 32.2. The lowest BCUT2D eigenvalue weighted by atomic mass is 9.80. The maximum atomic E-state index is 11.9. The molecule has 31 heteroatoms. The average molecular weight is 1710 g/mol. The van der Waals surface area contributed by atoms with Gasteiger partial charge in [0, 0.05) is 120 Å². The summed E-state index contributed by atoms with van der Waals surface area (Å²) in [5.74, 6) is 0. The van der Waals surface area contributed by atoms with E-state index in [9.17, 15) is 14.4 Å². The molecule has 8 N–H and O–H groups in total. The molecule has 11 rings (SSSR count). The first-order chi connectivity index (χ1) is 46.7. The van der Waals surface area contributed by atoms with Crippen LogP contribution in [0.4, 0.5) is 29.8 Å². The number of carbonyl (C=O) groups excluding carboxylic acids is 3. The zero-order valence-corrected chi connectivity index (χ0v) is 69.4. The number of benzene rings is 3. The van der Waals surface area contributed by atoms with Gasteiger partial charge in [0.15, 0.2) is 19.3 Å². The molecule has 4 atom stereocenters. The van der Waals surface area contributed by atoms with E-state index < -0.39 is 23.9 Å². The molecule has 0 bridgehead atoms. The van der Waals surface area contributed by atoms with Crippen LogP contribution < -0.4 is 47.2 Å². The zero-order chi connectivity index (χ0) is 73.9. The Morgan fingerprint density at radius 2 is 0.910 bits per heavy atom. The number of halogens is 6. The van der Waals surface area contributed by atoms with Crippen LogP contribution in [0.15, 0.2) is 109 Å². The Hall–Kier alpha value is -4.40. The van der Waals surface area contributed by atoms with Crippen molar-refractivity contribution >= 4 is 174 Å². The van der Waals surface area contributed by atoms with Crippen LogP contribution >= 0.6 is 128 Å². The number of thiazole rings is 4. The fourth-order valence-electron chi connectivity index (χ4n) is 10.5. The lowest BCUT2D eigenvalue weighted by Gasteiger charge is -2.26. The molecule has 548 valence electrons. The summed E-state index contributed by atoms with van der Waals surface area (Å²) < 4.78 is 18.8. The molecule has 7 aromatic rings. The number of amides is 3. The molecule has 0 aliphatic carbocycles. The second-order valence-electron chi connectivity index (χ2n) is 29.2. The van der Waals surface area contributed by atoms with Gasteiger partial charge in [0.25, 0.3) is 0 Å². The van der Waals surface area contributed by atoms with E-state index in [0.717, 1.165) is 142 Å². The largest absolute Gasteiger partial charge is 0.489 e. The third-order valence-electron chi connectivity index (χ3n) is 16.0. The summed E-state index contributed by atoms with van der Waals surface area (Å²) >= 11 is 34.6. The Balaban J connectivity index is 0.000000197. The highest BCUT2D eigenvalue weighted by atomic mass is 79.9. The molecule has 0 saturated carbocycles. The third-order valence-corrected chi connectivity index (χ3v) is 22.7.